The van der Waals surface area contributed by atoms with Crippen LogP contribution in [-0.4, -0.2) is 10.2 Å². The Bertz CT molecular complexity index is 419. The second kappa shape index (κ2) is 3.41. The molecule has 4 nitrogen and oxygen atoms in total. The third kappa shape index (κ3) is 1.85. The minimum Gasteiger partial charge on any atom is -0.438 e. The molecule has 0 bridgehead atoms. The standard InChI is InChI=1S/C10H11N3O/c1-7-6-10(13-12-7)14-9-4-2-8(11)3-5-9/h2-6H,11H2,1H3,(H,12,13). The molecule has 72 valence electrons. The SMILES string of the molecule is Cc1cc(Oc2ccc(N)cc2)n[nH]1. The second-order valence-electron chi connectivity index (χ2n) is 3.06. The first-order valence-electron chi connectivity index (χ1n) is 4.29. The molecule has 1 aromatic heterocycles. The van der Waals surface area contributed by atoms with Crippen LogP contribution in [0.15, 0.2) is 30.3 Å². The first-order chi connectivity index (χ1) is 6.74. The Kier molecular flexibility index (Phi) is 2.10. The second-order valence-corrected chi connectivity index (χ2v) is 3.06. The molecule has 14 heavy (non-hydrogen) atoms. The lowest BCUT2D eigenvalue weighted by atomic mass is 10.3. The van der Waals surface area contributed by atoms with Crippen molar-refractivity contribution in [2.75, 3.05) is 5.73 Å². The van der Waals surface area contributed by atoms with E-state index in [1.54, 1.807) is 24.3 Å². The summed E-state index contributed by atoms with van der Waals surface area (Å²) in [5, 5.41) is 6.76. The molecule has 1 aromatic carbocycles. The van der Waals surface area contributed by atoms with E-state index in [0.29, 0.717) is 5.88 Å². The quantitative estimate of drug-likeness (QED) is 0.711. The van der Waals surface area contributed by atoms with Gasteiger partial charge >= 0.3 is 0 Å². The number of rotatable bonds is 2. The van der Waals surface area contributed by atoms with Crippen LogP contribution in [0.3, 0.4) is 0 Å². The lowest BCUT2D eigenvalue weighted by Crippen LogP contribution is -1.86. The maximum absolute atomic E-state index is 5.55. The molecule has 0 amide bonds. The van der Waals surface area contributed by atoms with E-state index < -0.39 is 0 Å². The van der Waals surface area contributed by atoms with Crippen LogP contribution in [0, 0.1) is 6.92 Å². The van der Waals surface area contributed by atoms with Crippen molar-refractivity contribution in [1.29, 1.82) is 0 Å². The lowest BCUT2D eigenvalue weighted by Gasteiger charge is -2.00. The van der Waals surface area contributed by atoms with E-state index >= 15 is 0 Å². The Morgan fingerprint density at radius 1 is 1.29 bits per heavy atom. The van der Waals surface area contributed by atoms with Crippen molar-refractivity contribution in [3.63, 3.8) is 0 Å². The van der Waals surface area contributed by atoms with Crippen molar-refractivity contribution < 1.29 is 4.74 Å². The number of nitrogens with one attached hydrogen (secondary N) is 1. The van der Waals surface area contributed by atoms with Gasteiger partial charge in [-0.25, -0.2) is 0 Å². The predicted molar refractivity (Wildman–Crippen MR) is 54.3 cm³/mol. The monoisotopic (exact) mass is 189 g/mol. The number of anilines is 1. The maximum atomic E-state index is 5.55. The van der Waals surface area contributed by atoms with E-state index in [0.717, 1.165) is 17.1 Å². The molecule has 0 aliphatic rings. The highest BCUT2D eigenvalue weighted by atomic mass is 16.5. The van der Waals surface area contributed by atoms with Crippen LogP contribution in [-0.2, 0) is 0 Å². The summed E-state index contributed by atoms with van der Waals surface area (Å²) in [6, 6.07) is 9.01. The van der Waals surface area contributed by atoms with Crippen LogP contribution in [0.25, 0.3) is 0 Å². The van der Waals surface area contributed by atoms with Crippen LogP contribution in [0.4, 0.5) is 5.69 Å². The summed E-state index contributed by atoms with van der Waals surface area (Å²) in [5.74, 6) is 1.29. The van der Waals surface area contributed by atoms with E-state index in [2.05, 4.69) is 10.2 Å². The number of H-pyrrole nitrogens is 1. The molecule has 0 unspecified atom stereocenters. The average Bonchev–Trinajstić information content (AvgIpc) is 2.56. The molecule has 2 rings (SSSR count). The molecular formula is C10H11N3O. The van der Waals surface area contributed by atoms with Gasteiger partial charge in [0.05, 0.1) is 0 Å². The molecule has 0 radical (unpaired) electrons. The number of hydrogen-bond donors (Lipinski definition) is 2. The molecule has 0 atom stereocenters. The van der Waals surface area contributed by atoms with Gasteiger partial charge in [-0.2, -0.15) is 0 Å². The van der Waals surface area contributed by atoms with Gasteiger partial charge in [0.15, 0.2) is 0 Å². The zero-order valence-electron chi connectivity index (χ0n) is 7.82. The number of aromatic nitrogens is 2. The molecule has 3 N–H and O–H groups in total. The van der Waals surface area contributed by atoms with E-state index in [4.69, 9.17) is 10.5 Å². The summed E-state index contributed by atoms with van der Waals surface area (Å²) in [4.78, 5) is 0. The first kappa shape index (κ1) is 8.62. The molecule has 1 heterocycles. The van der Waals surface area contributed by atoms with E-state index in [9.17, 15) is 0 Å². The fraction of sp³-hybridized carbons (Fsp3) is 0.100. The molecule has 0 saturated heterocycles. The summed E-state index contributed by atoms with van der Waals surface area (Å²) >= 11 is 0. The van der Waals surface area contributed by atoms with Gasteiger partial charge in [0.1, 0.15) is 5.75 Å². The van der Waals surface area contributed by atoms with Crippen LogP contribution >= 0.6 is 0 Å². The molecule has 4 heteroatoms. The fourth-order valence-electron chi connectivity index (χ4n) is 1.10. The number of hydrogen-bond acceptors (Lipinski definition) is 3. The predicted octanol–water partition coefficient (Wildman–Crippen LogP) is 2.09. The molecule has 2 aromatic rings. The van der Waals surface area contributed by atoms with Gasteiger partial charge < -0.3 is 10.5 Å². The Morgan fingerprint density at radius 3 is 2.57 bits per heavy atom. The molecule has 0 fully saturated rings. The third-order valence-electron chi connectivity index (χ3n) is 1.78. The fourth-order valence-corrected chi connectivity index (χ4v) is 1.10. The Labute approximate surface area is 81.7 Å². The van der Waals surface area contributed by atoms with Gasteiger partial charge in [-0.3, -0.25) is 5.10 Å². The minimum absolute atomic E-state index is 0.562. The van der Waals surface area contributed by atoms with Gasteiger partial charge in [0.2, 0.25) is 5.88 Å². The average molecular weight is 189 g/mol. The Balaban J connectivity index is 2.15. The van der Waals surface area contributed by atoms with Crippen molar-refractivity contribution in [3.05, 3.63) is 36.0 Å². The van der Waals surface area contributed by atoms with Gasteiger partial charge in [0, 0.05) is 17.4 Å². The highest BCUT2D eigenvalue weighted by Crippen LogP contribution is 2.20. The number of nitrogens with zero attached hydrogens (tertiary/aromatic N) is 1. The number of aryl methyl sites for hydroxylation is 1. The van der Waals surface area contributed by atoms with Gasteiger partial charge in [-0.1, -0.05) is 0 Å². The molecular weight excluding hydrogens is 178 g/mol. The maximum Gasteiger partial charge on any atom is 0.238 e. The number of ether oxygens (including phenoxy) is 1. The lowest BCUT2D eigenvalue weighted by molar-refractivity contribution is 0.461. The zero-order chi connectivity index (χ0) is 9.97. The van der Waals surface area contributed by atoms with Crippen molar-refractivity contribution in [3.8, 4) is 11.6 Å². The van der Waals surface area contributed by atoms with Crippen LogP contribution in [0.1, 0.15) is 5.69 Å². The summed E-state index contributed by atoms with van der Waals surface area (Å²) in [6.07, 6.45) is 0. The van der Waals surface area contributed by atoms with Crippen molar-refractivity contribution in [1.82, 2.24) is 10.2 Å². The third-order valence-corrected chi connectivity index (χ3v) is 1.78. The first-order valence-corrected chi connectivity index (χ1v) is 4.29. The van der Waals surface area contributed by atoms with Gasteiger partial charge in [0.25, 0.3) is 0 Å². The number of nitrogens with two attached hydrogens (primary N) is 1. The highest BCUT2D eigenvalue weighted by Gasteiger charge is 1.99. The highest BCUT2D eigenvalue weighted by molar-refractivity contribution is 5.42. The van der Waals surface area contributed by atoms with Crippen LogP contribution in [0.2, 0.25) is 0 Å². The summed E-state index contributed by atoms with van der Waals surface area (Å²) in [5.41, 5.74) is 7.23. The number of benzene rings is 1. The summed E-state index contributed by atoms with van der Waals surface area (Å²) in [6.45, 7) is 1.92. The van der Waals surface area contributed by atoms with Crippen LogP contribution < -0.4 is 10.5 Å². The van der Waals surface area contributed by atoms with Crippen LogP contribution in [0.5, 0.6) is 11.6 Å². The van der Waals surface area contributed by atoms with Gasteiger partial charge in [-0.05, 0) is 31.2 Å². The zero-order valence-corrected chi connectivity index (χ0v) is 7.82. The molecule has 0 aliphatic carbocycles. The molecule has 0 saturated carbocycles. The van der Waals surface area contributed by atoms with Crippen molar-refractivity contribution in [2.45, 2.75) is 6.92 Å². The smallest absolute Gasteiger partial charge is 0.238 e. The van der Waals surface area contributed by atoms with E-state index in [-0.39, 0.29) is 0 Å². The van der Waals surface area contributed by atoms with Gasteiger partial charge in [-0.15, -0.1) is 5.10 Å². The number of nitrogen functional groups attached to an aromatic ring is 1. The summed E-state index contributed by atoms with van der Waals surface area (Å²) in [7, 11) is 0. The van der Waals surface area contributed by atoms with E-state index in [1.165, 1.54) is 0 Å². The van der Waals surface area contributed by atoms with E-state index in [1.807, 2.05) is 13.0 Å². The van der Waals surface area contributed by atoms with Crippen molar-refractivity contribution in [2.24, 2.45) is 0 Å². The number of aromatic amines is 1. The Hall–Kier alpha value is -1.97. The summed E-state index contributed by atoms with van der Waals surface area (Å²) < 4.78 is 5.46. The largest absolute Gasteiger partial charge is 0.438 e. The molecule has 0 spiro atoms. The normalized spacial score (nSPS) is 10.1. The molecule has 0 aliphatic heterocycles. The Morgan fingerprint density at radius 2 is 2.00 bits per heavy atom. The van der Waals surface area contributed by atoms with Crippen molar-refractivity contribution >= 4 is 5.69 Å². The topological polar surface area (TPSA) is 63.9 Å². The minimum atomic E-state index is 0.562.